The van der Waals surface area contributed by atoms with Gasteiger partial charge in [-0.15, -0.1) is 0 Å². The third-order valence-corrected chi connectivity index (χ3v) is 3.82. The SMILES string of the molecule is CCOC(=O)c1c(C)nc(N)nc1COc1cc(C)ccc1C(C)C. The summed E-state index contributed by atoms with van der Waals surface area (Å²) in [6.07, 6.45) is 0. The van der Waals surface area contributed by atoms with Gasteiger partial charge in [-0.1, -0.05) is 26.0 Å². The van der Waals surface area contributed by atoms with Crippen LogP contribution in [0.25, 0.3) is 0 Å². The van der Waals surface area contributed by atoms with Crippen LogP contribution >= 0.6 is 0 Å². The summed E-state index contributed by atoms with van der Waals surface area (Å²) < 4.78 is 11.1. The van der Waals surface area contributed by atoms with E-state index in [0.29, 0.717) is 22.9 Å². The molecule has 0 spiro atoms. The van der Waals surface area contributed by atoms with Crippen molar-refractivity contribution in [3.05, 3.63) is 46.3 Å². The van der Waals surface area contributed by atoms with E-state index in [0.717, 1.165) is 16.9 Å². The summed E-state index contributed by atoms with van der Waals surface area (Å²) in [6, 6.07) is 6.09. The number of esters is 1. The first kappa shape index (κ1) is 18.7. The summed E-state index contributed by atoms with van der Waals surface area (Å²) in [4.78, 5) is 20.5. The van der Waals surface area contributed by atoms with Crippen LogP contribution in [0.2, 0.25) is 0 Å². The maximum atomic E-state index is 12.2. The molecule has 1 heterocycles. The highest BCUT2D eigenvalue weighted by molar-refractivity contribution is 5.91. The number of aromatic nitrogens is 2. The Hall–Kier alpha value is -2.63. The van der Waals surface area contributed by atoms with Gasteiger partial charge in [0, 0.05) is 0 Å². The van der Waals surface area contributed by atoms with E-state index in [-0.39, 0.29) is 19.2 Å². The molecule has 0 fully saturated rings. The zero-order chi connectivity index (χ0) is 18.6. The molecule has 0 atom stereocenters. The predicted octanol–water partition coefficient (Wildman–Crippen LogP) is 3.55. The summed E-state index contributed by atoms with van der Waals surface area (Å²) in [5, 5.41) is 0. The van der Waals surface area contributed by atoms with Gasteiger partial charge in [0.1, 0.15) is 17.9 Å². The van der Waals surface area contributed by atoms with E-state index in [9.17, 15) is 4.79 Å². The number of benzene rings is 1. The molecule has 0 amide bonds. The van der Waals surface area contributed by atoms with Gasteiger partial charge in [0.25, 0.3) is 0 Å². The molecule has 0 aliphatic heterocycles. The van der Waals surface area contributed by atoms with Crippen LogP contribution in [0.1, 0.15) is 59.6 Å². The molecule has 1 aromatic carbocycles. The molecule has 0 bridgehead atoms. The fourth-order valence-corrected chi connectivity index (χ4v) is 2.62. The molecule has 25 heavy (non-hydrogen) atoms. The Bertz CT molecular complexity index is 773. The highest BCUT2D eigenvalue weighted by Crippen LogP contribution is 2.28. The molecule has 0 unspecified atom stereocenters. The number of anilines is 1. The van der Waals surface area contributed by atoms with Gasteiger partial charge >= 0.3 is 5.97 Å². The van der Waals surface area contributed by atoms with Gasteiger partial charge in [0.05, 0.1) is 18.0 Å². The van der Waals surface area contributed by atoms with Crippen LogP contribution in [0.3, 0.4) is 0 Å². The van der Waals surface area contributed by atoms with Crippen LogP contribution in [-0.2, 0) is 11.3 Å². The number of nitrogens with zero attached hydrogens (tertiary/aromatic N) is 2. The molecule has 0 radical (unpaired) electrons. The topological polar surface area (TPSA) is 87.3 Å². The highest BCUT2D eigenvalue weighted by Gasteiger charge is 2.20. The number of rotatable bonds is 6. The molecule has 0 aliphatic rings. The average molecular weight is 343 g/mol. The number of nitrogens with two attached hydrogens (primary N) is 1. The maximum absolute atomic E-state index is 12.2. The van der Waals surface area contributed by atoms with E-state index in [1.807, 2.05) is 13.0 Å². The summed E-state index contributed by atoms with van der Waals surface area (Å²) in [7, 11) is 0. The molecule has 2 N–H and O–H groups in total. The molecule has 2 rings (SSSR count). The molecule has 6 nitrogen and oxygen atoms in total. The standard InChI is InChI=1S/C19H25N3O3/c1-6-24-18(23)17-13(5)21-19(20)22-15(17)10-25-16-9-12(4)7-8-14(16)11(2)3/h7-9,11H,6,10H2,1-5H3,(H2,20,21,22). The maximum Gasteiger partial charge on any atom is 0.341 e. The van der Waals surface area contributed by atoms with Crippen molar-refractivity contribution in [2.24, 2.45) is 0 Å². The van der Waals surface area contributed by atoms with E-state index in [2.05, 4.69) is 35.9 Å². The van der Waals surface area contributed by atoms with Gasteiger partial charge in [-0.2, -0.15) is 0 Å². The van der Waals surface area contributed by atoms with Crippen molar-refractivity contribution in [3.63, 3.8) is 0 Å². The predicted molar refractivity (Wildman–Crippen MR) is 96.7 cm³/mol. The number of carbonyl (C=O) groups is 1. The zero-order valence-corrected chi connectivity index (χ0v) is 15.4. The van der Waals surface area contributed by atoms with E-state index in [1.165, 1.54) is 0 Å². The molecular formula is C19H25N3O3. The molecule has 2 aromatic rings. The molecule has 134 valence electrons. The summed E-state index contributed by atoms with van der Waals surface area (Å²) in [5.41, 5.74) is 9.17. The Labute approximate surface area is 148 Å². The van der Waals surface area contributed by atoms with E-state index in [4.69, 9.17) is 15.2 Å². The lowest BCUT2D eigenvalue weighted by Gasteiger charge is -2.16. The largest absolute Gasteiger partial charge is 0.487 e. The number of nitrogen functional groups attached to an aromatic ring is 1. The minimum Gasteiger partial charge on any atom is -0.487 e. The smallest absolute Gasteiger partial charge is 0.341 e. The van der Waals surface area contributed by atoms with Crippen molar-refractivity contribution in [1.29, 1.82) is 0 Å². The van der Waals surface area contributed by atoms with Crippen LogP contribution in [0.4, 0.5) is 5.95 Å². The van der Waals surface area contributed by atoms with Crippen LogP contribution in [0, 0.1) is 13.8 Å². The Morgan fingerprint density at radius 3 is 2.60 bits per heavy atom. The zero-order valence-electron chi connectivity index (χ0n) is 15.4. The highest BCUT2D eigenvalue weighted by atomic mass is 16.5. The quantitative estimate of drug-likeness (QED) is 0.807. The fourth-order valence-electron chi connectivity index (χ4n) is 2.62. The lowest BCUT2D eigenvalue weighted by Crippen LogP contribution is -2.16. The molecule has 6 heteroatoms. The lowest BCUT2D eigenvalue weighted by molar-refractivity contribution is 0.0521. The summed E-state index contributed by atoms with van der Waals surface area (Å²) in [6.45, 7) is 10.1. The first-order chi connectivity index (χ1) is 11.8. The van der Waals surface area contributed by atoms with Crippen molar-refractivity contribution >= 4 is 11.9 Å². The van der Waals surface area contributed by atoms with Crippen molar-refractivity contribution in [1.82, 2.24) is 9.97 Å². The molecule has 0 saturated heterocycles. The van der Waals surface area contributed by atoms with Crippen molar-refractivity contribution in [2.45, 2.75) is 47.1 Å². The fraction of sp³-hybridized carbons (Fsp3) is 0.421. The van der Waals surface area contributed by atoms with Crippen molar-refractivity contribution in [3.8, 4) is 5.75 Å². The summed E-state index contributed by atoms with van der Waals surface area (Å²) in [5.74, 6) is 0.737. The van der Waals surface area contributed by atoms with Crippen LogP contribution in [0.5, 0.6) is 5.75 Å². The van der Waals surface area contributed by atoms with Crippen LogP contribution in [0.15, 0.2) is 18.2 Å². The minimum absolute atomic E-state index is 0.109. The number of hydrogen-bond acceptors (Lipinski definition) is 6. The molecular weight excluding hydrogens is 318 g/mol. The monoisotopic (exact) mass is 343 g/mol. The molecule has 1 aromatic heterocycles. The van der Waals surface area contributed by atoms with Gasteiger partial charge in [0.15, 0.2) is 0 Å². The summed E-state index contributed by atoms with van der Waals surface area (Å²) >= 11 is 0. The lowest BCUT2D eigenvalue weighted by atomic mass is 10.0. The third kappa shape index (κ3) is 4.47. The van der Waals surface area contributed by atoms with Gasteiger partial charge in [0.2, 0.25) is 5.95 Å². The van der Waals surface area contributed by atoms with Crippen molar-refractivity contribution < 1.29 is 14.3 Å². The molecule has 0 saturated carbocycles. The Kier molecular flexibility index (Phi) is 5.96. The van der Waals surface area contributed by atoms with E-state index >= 15 is 0 Å². The number of hydrogen-bond donors (Lipinski definition) is 1. The van der Waals surface area contributed by atoms with Crippen LogP contribution < -0.4 is 10.5 Å². The van der Waals surface area contributed by atoms with Gasteiger partial charge < -0.3 is 15.2 Å². The van der Waals surface area contributed by atoms with Gasteiger partial charge in [-0.05, 0) is 43.9 Å². The normalized spacial score (nSPS) is 10.8. The van der Waals surface area contributed by atoms with E-state index < -0.39 is 5.97 Å². The molecule has 0 aliphatic carbocycles. The second-order valence-corrected chi connectivity index (χ2v) is 6.19. The Morgan fingerprint density at radius 1 is 1.24 bits per heavy atom. The van der Waals surface area contributed by atoms with E-state index in [1.54, 1.807) is 13.8 Å². The number of ether oxygens (including phenoxy) is 2. The average Bonchev–Trinajstić information content (AvgIpc) is 2.52. The van der Waals surface area contributed by atoms with Crippen LogP contribution in [-0.4, -0.2) is 22.5 Å². The second kappa shape index (κ2) is 7.96. The number of carbonyl (C=O) groups excluding carboxylic acids is 1. The minimum atomic E-state index is -0.466. The van der Waals surface area contributed by atoms with Crippen molar-refractivity contribution in [2.75, 3.05) is 12.3 Å². The Balaban J connectivity index is 2.35. The second-order valence-electron chi connectivity index (χ2n) is 6.19. The third-order valence-electron chi connectivity index (χ3n) is 3.82. The first-order valence-electron chi connectivity index (χ1n) is 8.36. The first-order valence-corrected chi connectivity index (χ1v) is 8.36. The Morgan fingerprint density at radius 2 is 1.96 bits per heavy atom. The van der Waals surface area contributed by atoms with Gasteiger partial charge in [-0.3, -0.25) is 0 Å². The van der Waals surface area contributed by atoms with Gasteiger partial charge in [-0.25, -0.2) is 14.8 Å². The number of aryl methyl sites for hydroxylation is 2.